The lowest BCUT2D eigenvalue weighted by Gasteiger charge is -2.56. The van der Waals surface area contributed by atoms with Crippen molar-refractivity contribution in [1.29, 1.82) is 5.26 Å². The molecule has 0 aromatic heterocycles. The molecule has 11 nitrogen and oxygen atoms in total. The van der Waals surface area contributed by atoms with Crippen molar-refractivity contribution in [3.05, 3.63) is 52.1 Å². The van der Waals surface area contributed by atoms with Crippen LogP contribution in [0.25, 0.3) is 0 Å². The van der Waals surface area contributed by atoms with Gasteiger partial charge < -0.3 is 39.8 Å². The summed E-state index contributed by atoms with van der Waals surface area (Å²) in [6.07, 6.45) is 1.53. The molecule has 1 fully saturated rings. The molecular formula is C29H32N4O7. The number of benzene rings is 2. The highest BCUT2D eigenvalue weighted by Gasteiger charge is 2.54. The van der Waals surface area contributed by atoms with Gasteiger partial charge >= 0.3 is 6.16 Å². The number of nitrogens with one attached hydrogen (secondary N) is 1. The number of phenols is 1. The second kappa shape index (κ2) is 9.89. The molecule has 1 saturated heterocycles. The topological polar surface area (TPSA) is 149 Å². The summed E-state index contributed by atoms with van der Waals surface area (Å²) < 4.78 is 28.2. The van der Waals surface area contributed by atoms with Crippen molar-refractivity contribution in [2.75, 3.05) is 27.1 Å². The molecule has 4 aliphatic heterocycles. The van der Waals surface area contributed by atoms with Gasteiger partial charge in [-0.3, -0.25) is 4.90 Å². The molecule has 4 N–H and O–H groups in total. The zero-order chi connectivity index (χ0) is 28.3. The number of nitrogens with two attached hydrogens (primary N) is 1. The predicted molar refractivity (Wildman–Crippen MR) is 143 cm³/mol. The molecule has 2 bridgehead atoms. The SMILES string of the molecule is C=CCOC(=O)Oc1c(C)c2c(c3c1CC1[C@@H]4N[C@@H](Cc5cc(C)c(OC)c(O)c54)[C@H](C#N)N1[C@H]3CN)OCO2. The van der Waals surface area contributed by atoms with Crippen molar-refractivity contribution < 1.29 is 33.6 Å². The highest BCUT2D eigenvalue weighted by atomic mass is 16.7. The summed E-state index contributed by atoms with van der Waals surface area (Å²) in [5.74, 6) is 1.87. The van der Waals surface area contributed by atoms with Crippen LogP contribution in [0.15, 0.2) is 18.7 Å². The van der Waals surface area contributed by atoms with Gasteiger partial charge in [-0.1, -0.05) is 18.7 Å². The minimum atomic E-state index is -0.867. The third kappa shape index (κ3) is 3.71. The second-order valence-corrected chi connectivity index (χ2v) is 10.5. The Morgan fingerprint density at radius 1 is 1.30 bits per heavy atom. The van der Waals surface area contributed by atoms with Crippen molar-refractivity contribution >= 4 is 6.16 Å². The molecule has 6 rings (SSSR count). The Labute approximate surface area is 232 Å². The molecule has 2 aromatic carbocycles. The van der Waals surface area contributed by atoms with Gasteiger partial charge in [-0.15, -0.1) is 0 Å². The van der Waals surface area contributed by atoms with Gasteiger partial charge in [-0.2, -0.15) is 5.26 Å². The number of carbonyl (C=O) groups excluding carboxylic acids is 1. The van der Waals surface area contributed by atoms with Gasteiger partial charge in [0.25, 0.3) is 0 Å². The van der Waals surface area contributed by atoms with Crippen molar-refractivity contribution in [2.24, 2.45) is 5.73 Å². The quantitative estimate of drug-likeness (QED) is 0.288. The molecule has 4 heterocycles. The highest BCUT2D eigenvalue weighted by Crippen LogP contribution is 2.56. The van der Waals surface area contributed by atoms with Crippen LogP contribution in [0.4, 0.5) is 4.79 Å². The van der Waals surface area contributed by atoms with Gasteiger partial charge in [0.2, 0.25) is 6.79 Å². The van der Waals surface area contributed by atoms with Crippen LogP contribution in [0, 0.1) is 25.2 Å². The van der Waals surface area contributed by atoms with Gasteiger partial charge in [-0.05, 0) is 37.8 Å². The number of phenolic OH excluding ortho intramolecular Hbond substituents is 1. The van der Waals surface area contributed by atoms with Crippen LogP contribution in [-0.2, 0) is 17.6 Å². The molecule has 1 unspecified atom stereocenters. The number of nitriles is 1. The fourth-order valence-electron chi connectivity index (χ4n) is 7.02. The number of aromatic hydroxyl groups is 1. The fraction of sp³-hybridized carbons (Fsp3) is 0.448. The molecule has 0 aliphatic carbocycles. The first-order chi connectivity index (χ1) is 19.3. The number of nitrogens with zero attached hydrogens (tertiary/aromatic N) is 2. The van der Waals surface area contributed by atoms with E-state index in [1.165, 1.54) is 13.2 Å². The minimum Gasteiger partial charge on any atom is -0.504 e. The van der Waals surface area contributed by atoms with Crippen LogP contribution < -0.4 is 30.0 Å². The monoisotopic (exact) mass is 548 g/mol. The summed E-state index contributed by atoms with van der Waals surface area (Å²) in [6.45, 7) is 7.47. The van der Waals surface area contributed by atoms with Crippen LogP contribution in [-0.4, -0.2) is 61.3 Å². The third-order valence-corrected chi connectivity index (χ3v) is 8.49. The first kappa shape index (κ1) is 26.3. The lowest BCUT2D eigenvalue weighted by molar-refractivity contribution is 0.00140. The molecule has 11 heteroatoms. The van der Waals surface area contributed by atoms with Crippen molar-refractivity contribution in [3.8, 4) is 34.8 Å². The van der Waals surface area contributed by atoms with Crippen molar-refractivity contribution in [2.45, 2.75) is 56.9 Å². The van der Waals surface area contributed by atoms with Crippen LogP contribution in [0.1, 0.15) is 45.5 Å². The first-order valence-corrected chi connectivity index (χ1v) is 13.3. The van der Waals surface area contributed by atoms with Gasteiger partial charge in [-0.25, -0.2) is 4.79 Å². The second-order valence-electron chi connectivity index (χ2n) is 10.5. The molecule has 0 saturated carbocycles. The van der Waals surface area contributed by atoms with Crippen LogP contribution in [0.2, 0.25) is 0 Å². The minimum absolute atomic E-state index is 0.000986. The van der Waals surface area contributed by atoms with Gasteiger partial charge in [0.1, 0.15) is 18.4 Å². The highest BCUT2D eigenvalue weighted by molar-refractivity contribution is 5.72. The Balaban J connectivity index is 1.55. The first-order valence-electron chi connectivity index (χ1n) is 13.3. The van der Waals surface area contributed by atoms with E-state index in [1.807, 2.05) is 13.0 Å². The summed E-state index contributed by atoms with van der Waals surface area (Å²) >= 11 is 0. The van der Waals surface area contributed by atoms with E-state index in [0.29, 0.717) is 41.4 Å². The number of piperazine rings is 1. The molecule has 40 heavy (non-hydrogen) atoms. The average molecular weight is 549 g/mol. The normalized spacial score (nSPS) is 25.6. The zero-order valence-corrected chi connectivity index (χ0v) is 22.7. The summed E-state index contributed by atoms with van der Waals surface area (Å²) in [5.41, 5.74) is 11.1. The molecule has 0 amide bonds. The lowest BCUT2D eigenvalue weighted by Crippen LogP contribution is -2.68. The molecule has 210 valence electrons. The van der Waals surface area contributed by atoms with Crippen LogP contribution >= 0.6 is 0 Å². The maximum Gasteiger partial charge on any atom is 0.514 e. The molecule has 0 spiro atoms. The van der Waals surface area contributed by atoms with Crippen molar-refractivity contribution in [3.63, 3.8) is 0 Å². The Morgan fingerprint density at radius 3 is 2.77 bits per heavy atom. The average Bonchev–Trinajstić information content (AvgIpc) is 3.43. The number of carbonyl (C=O) groups is 1. The Morgan fingerprint density at radius 2 is 2.08 bits per heavy atom. The summed E-state index contributed by atoms with van der Waals surface area (Å²) in [4.78, 5) is 14.8. The largest absolute Gasteiger partial charge is 0.514 e. The lowest BCUT2D eigenvalue weighted by atomic mass is 9.72. The third-order valence-electron chi connectivity index (χ3n) is 8.49. The van der Waals surface area contributed by atoms with Crippen molar-refractivity contribution in [1.82, 2.24) is 10.2 Å². The Bertz CT molecular complexity index is 1450. The number of rotatable bonds is 5. The standard InChI is InChI=1S/C29H32N4O7/c1-5-6-37-29(35)40-26-14(3)27-28(39-12-38-27)22-16(26)9-18-23-21-15(7-13(2)25(36-4)24(21)34)8-17(32-23)19(10-30)33(18)20(22)11-31/h5,7,17-20,23,32,34H,1,6,8-9,11-12,31H2,2-4H3/t17-,18?,19-,20-,23-/m0/s1. The number of ether oxygens (including phenoxy) is 5. The number of hydrogen-bond acceptors (Lipinski definition) is 11. The van der Waals surface area contributed by atoms with Gasteiger partial charge in [0.15, 0.2) is 23.0 Å². The van der Waals surface area contributed by atoms with E-state index in [0.717, 1.165) is 27.8 Å². The van der Waals surface area contributed by atoms with Crippen LogP contribution in [0.5, 0.6) is 28.7 Å². The van der Waals surface area contributed by atoms with E-state index in [1.54, 1.807) is 6.92 Å². The Kier molecular flexibility index (Phi) is 6.49. The number of methoxy groups -OCH3 is 1. The number of fused-ring (bicyclic) bond motifs is 9. The van der Waals surface area contributed by atoms with Crippen LogP contribution in [0.3, 0.4) is 0 Å². The van der Waals surface area contributed by atoms with E-state index in [-0.39, 0.29) is 43.8 Å². The van der Waals surface area contributed by atoms with E-state index in [9.17, 15) is 15.2 Å². The molecule has 0 radical (unpaired) electrons. The zero-order valence-electron chi connectivity index (χ0n) is 22.7. The van der Waals surface area contributed by atoms with Gasteiger partial charge in [0, 0.05) is 40.9 Å². The number of hydrogen-bond donors (Lipinski definition) is 3. The predicted octanol–water partition coefficient (Wildman–Crippen LogP) is 2.84. The fourth-order valence-corrected chi connectivity index (χ4v) is 7.02. The smallest absolute Gasteiger partial charge is 0.504 e. The Hall–Kier alpha value is -3.98. The molecular weight excluding hydrogens is 516 g/mol. The van der Waals surface area contributed by atoms with E-state index < -0.39 is 18.2 Å². The summed E-state index contributed by atoms with van der Waals surface area (Å²) in [7, 11) is 1.54. The summed E-state index contributed by atoms with van der Waals surface area (Å²) in [5, 5.41) is 25.5. The van der Waals surface area contributed by atoms with Gasteiger partial charge in [0.05, 0.1) is 25.3 Å². The summed E-state index contributed by atoms with van der Waals surface area (Å²) in [6, 6.07) is 2.74. The number of aryl methyl sites for hydroxylation is 1. The van der Waals surface area contributed by atoms with E-state index in [4.69, 9.17) is 29.4 Å². The molecule has 2 aromatic rings. The molecule has 5 atom stereocenters. The molecule has 4 aliphatic rings. The van der Waals surface area contributed by atoms with E-state index >= 15 is 0 Å². The van der Waals surface area contributed by atoms with E-state index in [2.05, 4.69) is 22.9 Å². The maximum absolute atomic E-state index is 12.6. The maximum atomic E-state index is 12.6.